The number of carbonyl (C=O) groups excluding carboxylic acids is 1. The van der Waals surface area contributed by atoms with Crippen molar-refractivity contribution in [1.82, 2.24) is 9.29 Å². The molecule has 0 unspecified atom stereocenters. The molecule has 0 saturated carbocycles. The van der Waals surface area contributed by atoms with Crippen LogP contribution in [0.15, 0.2) is 17.2 Å². The van der Waals surface area contributed by atoms with Crippen LogP contribution in [0, 0.1) is 0 Å². The molecule has 0 bridgehead atoms. The second-order valence-corrected chi connectivity index (χ2v) is 6.66. The van der Waals surface area contributed by atoms with Gasteiger partial charge in [-0.25, -0.2) is 13.2 Å². The zero-order valence-electron chi connectivity index (χ0n) is 11.5. The number of nitrogens with zero attached hydrogens (tertiary/aromatic N) is 1. The summed E-state index contributed by atoms with van der Waals surface area (Å²) in [6, 6.07) is 1.30. The summed E-state index contributed by atoms with van der Waals surface area (Å²) in [7, 11) is -3.59. The Bertz CT molecular complexity index is 572. The summed E-state index contributed by atoms with van der Waals surface area (Å²) < 4.78 is 36.2. The highest BCUT2D eigenvalue weighted by Gasteiger charge is 2.28. The Hall–Kier alpha value is -1.38. The minimum absolute atomic E-state index is 0.0649. The lowest BCUT2D eigenvalue weighted by atomic mass is 10.4. The molecule has 1 aromatic rings. The van der Waals surface area contributed by atoms with Crippen molar-refractivity contribution in [3.8, 4) is 0 Å². The fourth-order valence-corrected chi connectivity index (χ4v) is 3.26. The third kappa shape index (κ3) is 3.20. The molecule has 20 heavy (non-hydrogen) atoms. The van der Waals surface area contributed by atoms with E-state index in [2.05, 4.69) is 4.98 Å². The number of sulfonamides is 1. The third-order valence-electron chi connectivity index (χ3n) is 2.83. The quantitative estimate of drug-likeness (QED) is 0.823. The topological polar surface area (TPSA) is 88.7 Å². The Morgan fingerprint density at radius 3 is 2.65 bits per heavy atom. The van der Waals surface area contributed by atoms with Gasteiger partial charge in [0.05, 0.1) is 19.3 Å². The highest BCUT2D eigenvalue weighted by Crippen LogP contribution is 2.18. The van der Waals surface area contributed by atoms with Gasteiger partial charge in [-0.3, -0.25) is 0 Å². The summed E-state index contributed by atoms with van der Waals surface area (Å²) in [6.45, 7) is 4.86. The van der Waals surface area contributed by atoms with Gasteiger partial charge in [-0.1, -0.05) is 0 Å². The fraction of sp³-hybridized carbons (Fsp3) is 0.583. The molecule has 2 heterocycles. The molecule has 8 heteroatoms. The van der Waals surface area contributed by atoms with E-state index in [1.807, 2.05) is 0 Å². The summed E-state index contributed by atoms with van der Waals surface area (Å²) in [5.74, 6) is -0.566. The number of aromatic nitrogens is 1. The first-order chi connectivity index (χ1) is 9.41. The van der Waals surface area contributed by atoms with Crippen LogP contribution in [0.25, 0.3) is 0 Å². The maximum atomic E-state index is 12.3. The van der Waals surface area contributed by atoms with Gasteiger partial charge >= 0.3 is 5.97 Å². The molecule has 1 aromatic heterocycles. The highest BCUT2D eigenvalue weighted by atomic mass is 32.2. The number of hydrogen-bond acceptors (Lipinski definition) is 5. The van der Waals surface area contributed by atoms with E-state index in [1.54, 1.807) is 13.8 Å². The van der Waals surface area contributed by atoms with Gasteiger partial charge in [-0.2, -0.15) is 4.31 Å². The number of morpholine rings is 1. The van der Waals surface area contributed by atoms with Crippen LogP contribution in [0.2, 0.25) is 0 Å². The fourth-order valence-electron chi connectivity index (χ4n) is 1.85. The van der Waals surface area contributed by atoms with Crippen LogP contribution in [0.1, 0.15) is 24.3 Å². The molecule has 1 fully saturated rings. The van der Waals surface area contributed by atoms with Crippen molar-refractivity contribution in [1.29, 1.82) is 0 Å². The maximum Gasteiger partial charge on any atom is 0.355 e. The van der Waals surface area contributed by atoms with E-state index in [9.17, 15) is 13.2 Å². The van der Waals surface area contributed by atoms with Gasteiger partial charge in [0.1, 0.15) is 10.6 Å². The summed E-state index contributed by atoms with van der Waals surface area (Å²) in [5, 5.41) is 0. The smallest absolute Gasteiger partial charge is 0.355 e. The Kier molecular flexibility index (Phi) is 4.46. The van der Waals surface area contributed by atoms with Gasteiger partial charge in [0, 0.05) is 19.3 Å². The van der Waals surface area contributed by atoms with E-state index in [-0.39, 0.29) is 16.7 Å². The minimum Gasteiger partial charge on any atom is -0.458 e. The average molecular weight is 302 g/mol. The van der Waals surface area contributed by atoms with Gasteiger partial charge in [-0.15, -0.1) is 0 Å². The van der Waals surface area contributed by atoms with Gasteiger partial charge in [0.2, 0.25) is 10.0 Å². The summed E-state index contributed by atoms with van der Waals surface area (Å²) >= 11 is 0. The lowest BCUT2D eigenvalue weighted by molar-refractivity contribution is 0.0371. The zero-order chi connectivity index (χ0) is 14.8. The molecular formula is C12H18N2O5S. The maximum absolute atomic E-state index is 12.3. The molecule has 1 aliphatic rings. The van der Waals surface area contributed by atoms with Crippen molar-refractivity contribution in [2.45, 2.75) is 24.8 Å². The zero-order valence-corrected chi connectivity index (χ0v) is 12.3. The van der Waals surface area contributed by atoms with E-state index in [0.717, 1.165) is 0 Å². The molecule has 0 aromatic carbocycles. The minimum atomic E-state index is -3.59. The number of carbonyl (C=O) groups is 1. The molecular weight excluding hydrogens is 284 g/mol. The third-order valence-corrected chi connectivity index (χ3v) is 4.70. The first-order valence-corrected chi connectivity index (χ1v) is 7.82. The number of ether oxygens (including phenoxy) is 2. The van der Waals surface area contributed by atoms with E-state index in [4.69, 9.17) is 9.47 Å². The lowest BCUT2D eigenvalue weighted by Gasteiger charge is -2.25. The van der Waals surface area contributed by atoms with Crippen LogP contribution in [-0.4, -0.2) is 56.1 Å². The van der Waals surface area contributed by atoms with Gasteiger partial charge in [0.25, 0.3) is 0 Å². The molecule has 0 radical (unpaired) electrons. The number of H-pyrrole nitrogens is 1. The molecule has 0 aliphatic carbocycles. The summed E-state index contributed by atoms with van der Waals surface area (Å²) in [4.78, 5) is 14.4. The van der Waals surface area contributed by atoms with Crippen molar-refractivity contribution in [2.75, 3.05) is 26.3 Å². The van der Waals surface area contributed by atoms with E-state index in [0.29, 0.717) is 26.3 Å². The van der Waals surface area contributed by atoms with Gasteiger partial charge < -0.3 is 14.5 Å². The number of esters is 1. The standard InChI is InChI=1S/C12H18N2O5S/c1-9(2)19-12(15)11-7-10(8-13-11)20(16,17)14-3-5-18-6-4-14/h7-9,13H,3-6H2,1-2H3. The van der Waals surface area contributed by atoms with E-state index >= 15 is 0 Å². The van der Waals surface area contributed by atoms with Crippen molar-refractivity contribution >= 4 is 16.0 Å². The Morgan fingerprint density at radius 1 is 1.40 bits per heavy atom. The summed E-state index contributed by atoms with van der Waals surface area (Å²) in [5.41, 5.74) is 0.130. The van der Waals surface area contributed by atoms with Crippen molar-refractivity contribution in [3.05, 3.63) is 18.0 Å². The highest BCUT2D eigenvalue weighted by molar-refractivity contribution is 7.89. The predicted molar refractivity (Wildman–Crippen MR) is 70.9 cm³/mol. The molecule has 1 saturated heterocycles. The Balaban J connectivity index is 2.17. The number of nitrogens with one attached hydrogen (secondary N) is 1. The van der Waals surface area contributed by atoms with Crippen molar-refractivity contribution in [2.24, 2.45) is 0 Å². The van der Waals surface area contributed by atoms with Crippen molar-refractivity contribution in [3.63, 3.8) is 0 Å². The normalized spacial score (nSPS) is 17.4. The monoisotopic (exact) mass is 302 g/mol. The van der Waals surface area contributed by atoms with Crippen LogP contribution in [0.3, 0.4) is 0 Å². The van der Waals surface area contributed by atoms with Crippen LogP contribution in [-0.2, 0) is 19.5 Å². The average Bonchev–Trinajstić information content (AvgIpc) is 2.89. The van der Waals surface area contributed by atoms with E-state index in [1.165, 1.54) is 16.6 Å². The molecule has 0 spiro atoms. The SMILES string of the molecule is CC(C)OC(=O)c1cc(S(=O)(=O)N2CCOCC2)c[nH]1. The largest absolute Gasteiger partial charge is 0.458 e. The number of aromatic amines is 1. The molecule has 2 rings (SSSR count). The van der Waals surface area contributed by atoms with Gasteiger partial charge in [0.15, 0.2) is 0 Å². The van der Waals surface area contributed by atoms with Crippen LogP contribution < -0.4 is 0 Å². The number of rotatable bonds is 4. The lowest BCUT2D eigenvalue weighted by Crippen LogP contribution is -2.40. The molecule has 7 nitrogen and oxygen atoms in total. The Morgan fingerprint density at radius 2 is 2.05 bits per heavy atom. The van der Waals surface area contributed by atoms with E-state index < -0.39 is 16.0 Å². The molecule has 1 aliphatic heterocycles. The predicted octanol–water partition coefficient (Wildman–Crippen LogP) is 0.601. The number of hydrogen-bond donors (Lipinski definition) is 1. The second kappa shape index (κ2) is 5.94. The molecule has 112 valence electrons. The second-order valence-electron chi connectivity index (χ2n) is 4.72. The van der Waals surface area contributed by atoms with Crippen LogP contribution in [0.5, 0.6) is 0 Å². The van der Waals surface area contributed by atoms with Crippen LogP contribution in [0.4, 0.5) is 0 Å². The van der Waals surface area contributed by atoms with Crippen molar-refractivity contribution < 1.29 is 22.7 Å². The molecule has 0 amide bonds. The molecule has 0 atom stereocenters. The summed E-state index contributed by atoms with van der Waals surface area (Å²) in [6.07, 6.45) is 1.05. The first-order valence-electron chi connectivity index (χ1n) is 6.38. The van der Waals surface area contributed by atoms with Gasteiger partial charge in [-0.05, 0) is 19.9 Å². The van der Waals surface area contributed by atoms with Crippen LogP contribution >= 0.6 is 0 Å². The first kappa shape index (κ1) is 15.0. The Labute approximate surface area is 117 Å². The molecule has 1 N–H and O–H groups in total.